The summed E-state index contributed by atoms with van der Waals surface area (Å²) in [7, 11) is 1.70. The van der Waals surface area contributed by atoms with Crippen molar-refractivity contribution in [1.82, 2.24) is 10.6 Å². The van der Waals surface area contributed by atoms with Crippen LogP contribution in [0.15, 0.2) is 29.2 Å². The highest BCUT2D eigenvalue weighted by atomic mass is 35.5. The summed E-state index contributed by atoms with van der Waals surface area (Å²) in [5.74, 6) is -0.0147. The van der Waals surface area contributed by atoms with E-state index in [1.54, 1.807) is 18.9 Å². The third kappa shape index (κ3) is 4.61. The number of carbonyl (C=O) groups is 1. The fraction of sp³-hybridized carbons (Fsp3) is 0.533. The molecule has 118 valence electrons. The molecule has 1 aliphatic rings. The molecule has 1 unspecified atom stereocenters. The van der Waals surface area contributed by atoms with Crippen LogP contribution in [0.4, 0.5) is 0 Å². The Morgan fingerprint density at radius 3 is 2.86 bits per heavy atom. The minimum Gasteiger partial charge on any atom is -0.383 e. The zero-order chi connectivity index (χ0) is 14.4. The summed E-state index contributed by atoms with van der Waals surface area (Å²) >= 11 is 1.59. The maximum absolute atomic E-state index is 12.3. The Morgan fingerprint density at radius 1 is 1.48 bits per heavy atom. The Kier molecular flexibility index (Phi) is 7.52. The zero-order valence-electron chi connectivity index (χ0n) is 12.5. The summed E-state index contributed by atoms with van der Waals surface area (Å²) in [6.45, 7) is 2.21. The number of methoxy groups -OCH3 is 1. The number of thioether (sulfide) groups is 1. The molecule has 0 saturated carbocycles. The molecule has 1 amide bonds. The predicted octanol–water partition coefficient (Wildman–Crippen LogP) is 2.33. The first kappa shape index (κ1) is 18.3. The first-order valence-corrected chi connectivity index (χ1v) is 8.08. The van der Waals surface area contributed by atoms with Crippen LogP contribution in [0.25, 0.3) is 0 Å². The van der Waals surface area contributed by atoms with E-state index >= 15 is 0 Å². The van der Waals surface area contributed by atoms with Crippen LogP contribution in [0.5, 0.6) is 0 Å². The monoisotopic (exact) mass is 330 g/mol. The van der Waals surface area contributed by atoms with Gasteiger partial charge >= 0.3 is 0 Å². The minimum absolute atomic E-state index is 0. The van der Waals surface area contributed by atoms with Crippen LogP contribution in [0, 0.1) is 0 Å². The molecule has 0 aromatic heterocycles. The SMILES string of the molecule is COCC1(CNC(=O)c2ccccc2SC)CCCN1.Cl. The second-order valence-electron chi connectivity index (χ2n) is 5.13. The quantitative estimate of drug-likeness (QED) is 0.786. The van der Waals surface area contributed by atoms with Gasteiger partial charge in [0.2, 0.25) is 0 Å². The van der Waals surface area contributed by atoms with Crippen LogP contribution in [-0.2, 0) is 4.74 Å². The molecule has 1 atom stereocenters. The number of halogens is 1. The summed E-state index contributed by atoms with van der Waals surface area (Å²) < 4.78 is 5.29. The fourth-order valence-electron chi connectivity index (χ4n) is 2.65. The standard InChI is InChI=1S/C15H22N2O2S.ClH/c1-19-11-15(8-5-9-17-15)10-16-14(18)12-6-3-4-7-13(12)20-2;/h3-4,6-7,17H,5,8-11H2,1-2H3,(H,16,18);1H. The number of ether oxygens (including phenoxy) is 1. The molecule has 4 nitrogen and oxygen atoms in total. The maximum atomic E-state index is 12.3. The van der Waals surface area contributed by atoms with Crippen LogP contribution in [0.3, 0.4) is 0 Å². The average molecular weight is 331 g/mol. The number of amides is 1. The Balaban J connectivity index is 0.00000220. The van der Waals surface area contributed by atoms with Crippen LogP contribution in [0.2, 0.25) is 0 Å². The smallest absolute Gasteiger partial charge is 0.252 e. The molecule has 21 heavy (non-hydrogen) atoms. The first-order valence-electron chi connectivity index (χ1n) is 6.86. The van der Waals surface area contributed by atoms with Gasteiger partial charge in [0.05, 0.1) is 17.7 Å². The van der Waals surface area contributed by atoms with Gasteiger partial charge in [-0.05, 0) is 37.8 Å². The molecule has 1 aromatic carbocycles. The van der Waals surface area contributed by atoms with Gasteiger partial charge in [-0.1, -0.05) is 12.1 Å². The van der Waals surface area contributed by atoms with E-state index in [4.69, 9.17) is 4.74 Å². The molecule has 1 fully saturated rings. The fourth-order valence-corrected chi connectivity index (χ4v) is 3.24. The zero-order valence-corrected chi connectivity index (χ0v) is 14.1. The number of carbonyl (C=O) groups excluding carboxylic acids is 1. The molecule has 0 aliphatic carbocycles. The lowest BCUT2D eigenvalue weighted by Gasteiger charge is -2.29. The van der Waals surface area contributed by atoms with Gasteiger partial charge in [0.1, 0.15) is 0 Å². The van der Waals surface area contributed by atoms with Crippen molar-refractivity contribution in [3.05, 3.63) is 29.8 Å². The lowest BCUT2D eigenvalue weighted by atomic mass is 9.98. The van der Waals surface area contributed by atoms with Crippen LogP contribution in [0.1, 0.15) is 23.2 Å². The van der Waals surface area contributed by atoms with E-state index < -0.39 is 0 Å². The van der Waals surface area contributed by atoms with E-state index in [1.807, 2.05) is 30.5 Å². The largest absolute Gasteiger partial charge is 0.383 e. The molecule has 2 rings (SSSR count). The van der Waals surface area contributed by atoms with E-state index in [0.717, 1.165) is 29.8 Å². The van der Waals surface area contributed by atoms with Crippen molar-refractivity contribution in [2.24, 2.45) is 0 Å². The van der Waals surface area contributed by atoms with Crippen molar-refractivity contribution in [1.29, 1.82) is 0 Å². The summed E-state index contributed by atoms with van der Waals surface area (Å²) in [5.41, 5.74) is 0.629. The van der Waals surface area contributed by atoms with Gasteiger partial charge in [-0.15, -0.1) is 24.2 Å². The summed E-state index contributed by atoms with van der Waals surface area (Å²) in [6.07, 6.45) is 4.14. The maximum Gasteiger partial charge on any atom is 0.252 e. The van der Waals surface area contributed by atoms with Crippen molar-refractivity contribution in [3.63, 3.8) is 0 Å². The van der Waals surface area contributed by atoms with Crippen LogP contribution < -0.4 is 10.6 Å². The van der Waals surface area contributed by atoms with Crippen molar-refractivity contribution in [2.45, 2.75) is 23.3 Å². The number of benzene rings is 1. The highest BCUT2D eigenvalue weighted by Gasteiger charge is 2.33. The Bertz CT molecular complexity index is 465. The molecule has 6 heteroatoms. The predicted molar refractivity (Wildman–Crippen MR) is 89.6 cm³/mol. The van der Waals surface area contributed by atoms with Crippen molar-refractivity contribution >= 4 is 30.1 Å². The topological polar surface area (TPSA) is 50.4 Å². The van der Waals surface area contributed by atoms with Gasteiger partial charge in [-0.2, -0.15) is 0 Å². The van der Waals surface area contributed by atoms with Crippen molar-refractivity contribution in [3.8, 4) is 0 Å². The van der Waals surface area contributed by atoms with E-state index in [-0.39, 0.29) is 23.9 Å². The normalized spacial score (nSPS) is 20.9. The molecular formula is C15H23ClN2O2S. The third-order valence-electron chi connectivity index (χ3n) is 3.69. The van der Waals surface area contributed by atoms with Crippen LogP contribution >= 0.6 is 24.2 Å². The van der Waals surface area contributed by atoms with Gasteiger partial charge in [0, 0.05) is 18.6 Å². The van der Waals surface area contributed by atoms with Crippen molar-refractivity contribution < 1.29 is 9.53 Å². The van der Waals surface area contributed by atoms with Gasteiger partial charge in [-0.25, -0.2) is 0 Å². The first-order chi connectivity index (χ1) is 9.71. The molecule has 1 aromatic rings. The minimum atomic E-state index is -0.112. The lowest BCUT2D eigenvalue weighted by Crippen LogP contribution is -2.53. The van der Waals surface area contributed by atoms with E-state index in [9.17, 15) is 4.79 Å². The van der Waals surface area contributed by atoms with Crippen LogP contribution in [-0.4, -0.2) is 44.5 Å². The summed E-state index contributed by atoms with van der Waals surface area (Å²) in [4.78, 5) is 13.3. The Hall–Kier alpha value is -0.750. The number of hydrogen-bond donors (Lipinski definition) is 2. The summed E-state index contributed by atoms with van der Waals surface area (Å²) in [5, 5.41) is 6.51. The molecule has 1 heterocycles. The van der Waals surface area contributed by atoms with E-state index in [1.165, 1.54) is 0 Å². The van der Waals surface area contributed by atoms with Gasteiger partial charge in [0.15, 0.2) is 0 Å². The number of rotatable bonds is 6. The lowest BCUT2D eigenvalue weighted by molar-refractivity contribution is 0.0889. The molecule has 0 radical (unpaired) electrons. The second kappa shape index (κ2) is 8.63. The van der Waals surface area contributed by atoms with E-state index in [0.29, 0.717) is 13.2 Å². The molecular weight excluding hydrogens is 308 g/mol. The van der Waals surface area contributed by atoms with Gasteiger partial charge < -0.3 is 15.4 Å². The average Bonchev–Trinajstić information content (AvgIpc) is 2.94. The molecule has 1 saturated heterocycles. The highest BCUT2D eigenvalue weighted by Crippen LogP contribution is 2.21. The second-order valence-corrected chi connectivity index (χ2v) is 5.97. The molecule has 1 aliphatic heterocycles. The number of hydrogen-bond acceptors (Lipinski definition) is 4. The van der Waals surface area contributed by atoms with E-state index in [2.05, 4.69) is 10.6 Å². The molecule has 2 N–H and O–H groups in total. The number of nitrogens with one attached hydrogen (secondary N) is 2. The summed E-state index contributed by atoms with van der Waals surface area (Å²) in [6, 6.07) is 7.69. The molecule has 0 bridgehead atoms. The Morgan fingerprint density at radius 2 is 2.24 bits per heavy atom. The molecule has 0 spiro atoms. The highest BCUT2D eigenvalue weighted by molar-refractivity contribution is 7.98. The van der Waals surface area contributed by atoms with Gasteiger partial charge in [0.25, 0.3) is 5.91 Å². The Labute approximate surface area is 136 Å². The third-order valence-corrected chi connectivity index (χ3v) is 4.49. The van der Waals surface area contributed by atoms with Crippen molar-refractivity contribution in [2.75, 3.05) is 33.1 Å². The van der Waals surface area contributed by atoms with Gasteiger partial charge in [-0.3, -0.25) is 4.79 Å².